The van der Waals surface area contributed by atoms with Crippen LogP contribution in [-0.4, -0.2) is 17.8 Å². The first kappa shape index (κ1) is 6.25. The highest BCUT2D eigenvalue weighted by molar-refractivity contribution is 4.70. The van der Waals surface area contributed by atoms with Crippen molar-refractivity contribution < 1.29 is 5.11 Å². The third kappa shape index (κ3) is 3.07. The van der Waals surface area contributed by atoms with Gasteiger partial charge in [-0.1, -0.05) is 0 Å². The largest absolute Gasteiger partial charge is 0.394 e. The van der Waals surface area contributed by atoms with Crippen LogP contribution >= 0.6 is 0 Å². The van der Waals surface area contributed by atoms with Gasteiger partial charge in [-0.2, -0.15) is 5.26 Å². The van der Waals surface area contributed by atoms with Crippen LogP contribution < -0.4 is 5.32 Å². The highest BCUT2D eigenvalue weighted by atomic mass is 16.3. The molecule has 0 rings (SSSR count). The fraction of sp³-hybridized carbons (Fsp3) is 0.750. The molecular formula is C4H8N2O. The molecule has 0 radical (unpaired) electrons. The zero-order valence-corrected chi connectivity index (χ0v) is 4.18. The molecule has 0 fully saturated rings. The molecule has 3 nitrogen and oxygen atoms in total. The molecule has 0 saturated heterocycles. The number of hydrogen-bond acceptors (Lipinski definition) is 3. The number of rotatable bonds is 2. The van der Waals surface area contributed by atoms with Crippen molar-refractivity contribution in [3.63, 3.8) is 0 Å². The van der Waals surface area contributed by atoms with Crippen molar-refractivity contribution in [1.29, 1.82) is 5.26 Å². The molecule has 1 atom stereocenters. The zero-order chi connectivity index (χ0) is 5.70. The Morgan fingerprint density at radius 1 is 2.00 bits per heavy atom. The second-order valence-electron chi connectivity index (χ2n) is 1.34. The van der Waals surface area contributed by atoms with Crippen molar-refractivity contribution in [2.45, 2.75) is 13.0 Å². The Morgan fingerprint density at radius 2 is 2.57 bits per heavy atom. The minimum absolute atomic E-state index is 0.00750. The second kappa shape index (κ2) is 3.44. The summed E-state index contributed by atoms with van der Waals surface area (Å²) in [5.74, 6) is 0. The van der Waals surface area contributed by atoms with Crippen molar-refractivity contribution >= 4 is 0 Å². The molecule has 0 aliphatic heterocycles. The first-order valence-corrected chi connectivity index (χ1v) is 2.06. The van der Waals surface area contributed by atoms with Gasteiger partial charge in [0.2, 0.25) is 0 Å². The topological polar surface area (TPSA) is 56.0 Å². The van der Waals surface area contributed by atoms with E-state index in [2.05, 4.69) is 5.32 Å². The van der Waals surface area contributed by atoms with Crippen LogP contribution in [0.2, 0.25) is 0 Å². The van der Waals surface area contributed by atoms with Gasteiger partial charge in [-0.05, 0) is 6.92 Å². The molecular weight excluding hydrogens is 92.1 g/mol. The van der Waals surface area contributed by atoms with Crippen LogP contribution in [0.25, 0.3) is 0 Å². The Kier molecular flexibility index (Phi) is 3.07. The molecule has 0 aliphatic rings. The Bertz CT molecular complexity index is 76.2. The molecule has 0 unspecified atom stereocenters. The molecule has 40 valence electrons. The standard InChI is InChI=1S/C4H8N2O/c1-4(2-7)6-3-5/h4,6-7H,2H2,1H3/t4-/m1/s1. The predicted octanol–water partition coefficient (Wildman–Crippen LogP) is -0.562. The minimum Gasteiger partial charge on any atom is -0.394 e. The smallest absolute Gasteiger partial charge is 0.176 e. The van der Waals surface area contributed by atoms with Crippen LogP contribution in [0.15, 0.2) is 0 Å². The maximum atomic E-state index is 8.25. The third-order valence-electron chi connectivity index (χ3n) is 0.585. The summed E-state index contributed by atoms with van der Waals surface area (Å²) >= 11 is 0. The highest BCUT2D eigenvalue weighted by Crippen LogP contribution is 1.71. The Labute approximate surface area is 42.6 Å². The molecule has 0 aliphatic carbocycles. The van der Waals surface area contributed by atoms with Gasteiger partial charge in [0, 0.05) is 0 Å². The maximum Gasteiger partial charge on any atom is 0.176 e. The highest BCUT2D eigenvalue weighted by Gasteiger charge is 1.91. The van der Waals surface area contributed by atoms with Gasteiger partial charge < -0.3 is 10.4 Å². The Morgan fingerprint density at radius 3 is 2.71 bits per heavy atom. The van der Waals surface area contributed by atoms with Gasteiger partial charge in [0.05, 0.1) is 12.6 Å². The summed E-state index contributed by atoms with van der Waals surface area (Å²) in [5, 5.41) is 18.5. The quantitative estimate of drug-likeness (QED) is 0.361. The van der Waals surface area contributed by atoms with Gasteiger partial charge in [0.15, 0.2) is 6.19 Å². The van der Waals surface area contributed by atoms with E-state index in [1.54, 1.807) is 13.1 Å². The van der Waals surface area contributed by atoms with Crippen LogP contribution in [0.3, 0.4) is 0 Å². The fourth-order valence-electron chi connectivity index (χ4n) is 0.156. The van der Waals surface area contributed by atoms with E-state index in [4.69, 9.17) is 10.4 Å². The maximum absolute atomic E-state index is 8.25. The number of nitrogens with one attached hydrogen (secondary N) is 1. The number of nitrogens with zero attached hydrogens (tertiary/aromatic N) is 1. The Hall–Kier alpha value is -0.750. The lowest BCUT2D eigenvalue weighted by molar-refractivity contribution is 0.262. The van der Waals surface area contributed by atoms with Gasteiger partial charge in [-0.15, -0.1) is 0 Å². The van der Waals surface area contributed by atoms with E-state index in [1.807, 2.05) is 0 Å². The predicted molar refractivity (Wildman–Crippen MR) is 25.3 cm³/mol. The second-order valence-corrected chi connectivity index (χ2v) is 1.34. The number of aliphatic hydroxyl groups excluding tert-OH is 1. The van der Waals surface area contributed by atoms with E-state index < -0.39 is 0 Å². The average Bonchev–Trinajstić information content (AvgIpc) is 1.68. The average molecular weight is 100 g/mol. The molecule has 0 saturated carbocycles. The first-order chi connectivity index (χ1) is 3.31. The van der Waals surface area contributed by atoms with Crippen molar-refractivity contribution in [1.82, 2.24) is 5.32 Å². The SMILES string of the molecule is C[C@H](CO)NC#N. The van der Waals surface area contributed by atoms with Crippen molar-refractivity contribution in [3.8, 4) is 6.19 Å². The molecule has 0 heterocycles. The van der Waals surface area contributed by atoms with Crippen molar-refractivity contribution in [3.05, 3.63) is 0 Å². The summed E-state index contributed by atoms with van der Waals surface area (Å²) in [4.78, 5) is 0. The van der Waals surface area contributed by atoms with E-state index in [0.29, 0.717) is 0 Å². The summed E-state index contributed by atoms with van der Waals surface area (Å²) in [7, 11) is 0. The summed E-state index contributed by atoms with van der Waals surface area (Å²) < 4.78 is 0. The fourth-order valence-corrected chi connectivity index (χ4v) is 0.156. The minimum atomic E-state index is -0.106. The molecule has 0 amide bonds. The third-order valence-corrected chi connectivity index (χ3v) is 0.585. The number of hydrogen-bond donors (Lipinski definition) is 2. The zero-order valence-electron chi connectivity index (χ0n) is 4.18. The normalized spacial score (nSPS) is 12.1. The molecule has 0 aromatic carbocycles. The molecule has 0 bridgehead atoms. The molecule has 0 aromatic heterocycles. The lowest BCUT2D eigenvalue weighted by Gasteiger charge is -2.00. The van der Waals surface area contributed by atoms with Crippen LogP contribution in [0.1, 0.15) is 6.92 Å². The summed E-state index contributed by atoms with van der Waals surface area (Å²) in [6.07, 6.45) is 1.71. The van der Waals surface area contributed by atoms with Gasteiger partial charge in [0.25, 0.3) is 0 Å². The molecule has 7 heavy (non-hydrogen) atoms. The van der Waals surface area contributed by atoms with Crippen LogP contribution in [0.4, 0.5) is 0 Å². The molecule has 0 aromatic rings. The van der Waals surface area contributed by atoms with Crippen molar-refractivity contribution in [2.24, 2.45) is 0 Å². The molecule has 3 heteroatoms. The number of aliphatic hydroxyl groups is 1. The van der Waals surface area contributed by atoms with E-state index in [0.717, 1.165) is 0 Å². The molecule has 0 spiro atoms. The summed E-state index contributed by atoms with van der Waals surface area (Å²) in [5.41, 5.74) is 0. The van der Waals surface area contributed by atoms with Gasteiger partial charge >= 0.3 is 0 Å². The summed E-state index contributed by atoms with van der Waals surface area (Å²) in [6, 6.07) is -0.106. The summed E-state index contributed by atoms with van der Waals surface area (Å²) in [6.45, 7) is 1.73. The van der Waals surface area contributed by atoms with Gasteiger partial charge in [-0.25, -0.2) is 0 Å². The van der Waals surface area contributed by atoms with E-state index in [9.17, 15) is 0 Å². The van der Waals surface area contributed by atoms with E-state index in [1.165, 1.54) is 0 Å². The first-order valence-electron chi connectivity index (χ1n) is 2.06. The monoisotopic (exact) mass is 100 g/mol. The van der Waals surface area contributed by atoms with Gasteiger partial charge in [0.1, 0.15) is 0 Å². The Balaban J connectivity index is 3.03. The lowest BCUT2D eigenvalue weighted by atomic mass is 10.4. The van der Waals surface area contributed by atoms with E-state index in [-0.39, 0.29) is 12.6 Å². The van der Waals surface area contributed by atoms with Crippen LogP contribution in [0, 0.1) is 11.5 Å². The van der Waals surface area contributed by atoms with E-state index >= 15 is 0 Å². The molecule has 2 N–H and O–H groups in total. The van der Waals surface area contributed by atoms with Crippen LogP contribution in [-0.2, 0) is 0 Å². The van der Waals surface area contributed by atoms with Gasteiger partial charge in [-0.3, -0.25) is 0 Å². The number of nitriles is 1. The van der Waals surface area contributed by atoms with Crippen LogP contribution in [0.5, 0.6) is 0 Å². The lowest BCUT2D eigenvalue weighted by Crippen LogP contribution is -2.24. The van der Waals surface area contributed by atoms with Crippen molar-refractivity contribution in [2.75, 3.05) is 6.61 Å².